The van der Waals surface area contributed by atoms with E-state index in [1.54, 1.807) is 0 Å². The first-order chi connectivity index (χ1) is 34.2. The topological polar surface area (TPSA) is 29.5 Å². The summed E-state index contributed by atoms with van der Waals surface area (Å²) in [5.41, 5.74) is 15.0. The minimum atomic E-state index is 0.868. The number of rotatable bonds is 8. The molecule has 5 nitrogen and oxygen atoms in total. The van der Waals surface area contributed by atoms with Crippen molar-refractivity contribution in [2.75, 3.05) is 9.80 Å². The second-order valence-corrected chi connectivity index (χ2v) is 17.7. The van der Waals surface area contributed by atoms with Crippen molar-refractivity contribution in [1.29, 1.82) is 0 Å². The molecule has 14 rings (SSSR count). The van der Waals surface area contributed by atoms with Gasteiger partial charge in [0.25, 0.3) is 0 Å². The van der Waals surface area contributed by atoms with Crippen LogP contribution in [0.3, 0.4) is 0 Å². The lowest BCUT2D eigenvalue weighted by molar-refractivity contribution is 0.669. The van der Waals surface area contributed by atoms with Crippen LogP contribution in [0.4, 0.5) is 34.1 Å². The molecule has 3 heterocycles. The van der Waals surface area contributed by atoms with Crippen LogP contribution < -0.4 is 9.80 Å². The predicted octanol–water partition coefficient (Wildman–Crippen LogP) is 17.9. The fourth-order valence-electron chi connectivity index (χ4n) is 10.8. The average molecular weight is 883 g/mol. The zero-order valence-corrected chi connectivity index (χ0v) is 37.4. The van der Waals surface area contributed by atoms with Gasteiger partial charge in [-0.2, -0.15) is 0 Å². The van der Waals surface area contributed by atoms with Gasteiger partial charge in [-0.15, -0.1) is 0 Å². The number of hydrogen-bond acceptors (Lipinski definition) is 3. The molecule has 5 heteroatoms. The molecule has 0 bridgehead atoms. The molecule has 0 aliphatic heterocycles. The first-order valence-corrected chi connectivity index (χ1v) is 23.5. The lowest BCUT2D eigenvalue weighted by atomic mass is 10.0. The molecule has 0 spiro atoms. The summed E-state index contributed by atoms with van der Waals surface area (Å²) in [5, 5.41) is 9.36. The molecule has 0 aliphatic rings. The molecule has 0 amide bonds. The summed E-state index contributed by atoms with van der Waals surface area (Å²) < 4.78 is 11.3. The van der Waals surface area contributed by atoms with Crippen molar-refractivity contribution >= 4 is 110 Å². The quantitative estimate of drug-likeness (QED) is 0.152. The van der Waals surface area contributed by atoms with E-state index in [0.29, 0.717) is 0 Å². The second-order valence-electron chi connectivity index (χ2n) is 17.7. The van der Waals surface area contributed by atoms with Gasteiger partial charge in [0.1, 0.15) is 11.2 Å². The summed E-state index contributed by atoms with van der Waals surface area (Å²) in [4.78, 5) is 4.77. The minimum absolute atomic E-state index is 0.868. The van der Waals surface area contributed by atoms with Crippen LogP contribution in [0.2, 0.25) is 0 Å². The second kappa shape index (κ2) is 15.7. The Hall–Kier alpha value is -9.32. The van der Waals surface area contributed by atoms with Crippen LogP contribution >= 0.6 is 0 Å². The highest BCUT2D eigenvalue weighted by Crippen LogP contribution is 2.46. The third kappa shape index (κ3) is 6.25. The molecule has 11 aromatic carbocycles. The molecule has 0 atom stereocenters. The molecule has 0 N–H and O–H groups in total. The number of hydrogen-bond donors (Lipinski definition) is 0. The average Bonchev–Trinajstić information content (AvgIpc) is 4.06. The molecule has 0 radical (unpaired) electrons. The van der Waals surface area contributed by atoms with Gasteiger partial charge in [0.15, 0.2) is 0 Å². The summed E-state index contributed by atoms with van der Waals surface area (Å²) in [5.74, 6) is 0. The van der Waals surface area contributed by atoms with Gasteiger partial charge in [0.05, 0.1) is 27.8 Å². The SMILES string of the molecule is c1ccc(N(c2ccc(N(c3ccc4c5ccccc5n(-c5ccccc5)c4c3)c3cccc4cc5c(cc34)oc3ccccc35)cc2)c2ccc3c4ccccc4n(-c4ccccc4)c3c2)cc1. The van der Waals surface area contributed by atoms with Crippen LogP contribution in [0.15, 0.2) is 259 Å². The highest BCUT2D eigenvalue weighted by Gasteiger charge is 2.22. The standard InChI is InChI=1S/C64H42N4O/c1-4-18-44(19-5-1)65(49-35-37-53-51-24-10-13-27-58(51)67(61(53)40-49)45-20-6-2-7-21-45)47-31-33-48(34-32-47)66(60-29-16-17-43-39-57-55-26-12-15-30-63(55)69-64(57)42-56(43)60)50-36-38-54-52-25-11-14-28-59(52)68(62(54)41-50)46-22-8-3-9-23-46/h1-42H. The highest BCUT2D eigenvalue weighted by atomic mass is 16.3. The number of furan rings is 1. The Kier molecular flexibility index (Phi) is 8.83. The van der Waals surface area contributed by atoms with Crippen LogP contribution in [0, 0.1) is 0 Å². The molecule has 324 valence electrons. The van der Waals surface area contributed by atoms with Crippen molar-refractivity contribution in [3.8, 4) is 11.4 Å². The zero-order chi connectivity index (χ0) is 45.4. The fourth-order valence-corrected chi connectivity index (χ4v) is 10.8. The van der Waals surface area contributed by atoms with Crippen molar-refractivity contribution in [3.05, 3.63) is 255 Å². The number of benzene rings is 11. The Morgan fingerprint density at radius 2 is 0.725 bits per heavy atom. The first-order valence-electron chi connectivity index (χ1n) is 23.5. The van der Waals surface area contributed by atoms with E-state index < -0.39 is 0 Å². The van der Waals surface area contributed by atoms with Gasteiger partial charge in [0.2, 0.25) is 0 Å². The van der Waals surface area contributed by atoms with Crippen LogP contribution in [0.25, 0.3) is 87.7 Å². The van der Waals surface area contributed by atoms with E-state index in [0.717, 1.165) is 89.2 Å². The molecule has 3 aromatic heterocycles. The third-order valence-electron chi connectivity index (χ3n) is 13.8. The Morgan fingerprint density at radius 1 is 0.261 bits per heavy atom. The zero-order valence-electron chi connectivity index (χ0n) is 37.4. The van der Waals surface area contributed by atoms with Gasteiger partial charge in [-0.3, -0.25) is 0 Å². The Labute approximate surface area is 398 Å². The molecule has 0 saturated carbocycles. The lowest BCUT2D eigenvalue weighted by Crippen LogP contribution is -2.12. The van der Waals surface area contributed by atoms with Crippen molar-refractivity contribution in [2.24, 2.45) is 0 Å². The normalized spacial score (nSPS) is 11.8. The molecular formula is C64H42N4O. The Bertz CT molecular complexity index is 4250. The lowest BCUT2D eigenvalue weighted by Gasteiger charge is -2.29. The molecule has 0 aliphatic carbocycles. The van der Waals surface area contributed by atoms with Crippen LogP contribution in [-0.2, 0) is 0 Å². The summed E-state index contributed by atoms with van der Waals surface area (Å²) in [7, 11) is 0. The van der Waals surface area contributed by atoms with Gasteiger partial charge in [-0.25, -0.2) is 0 Å². The highest BCUT2D eigenvalue weighted by molar-refractivity contribution is 6.15. The summed E-state index contributed by atoms with van der Waals surface area (Å²) in [6.45, 7) is 0. The monoisotopic (exact) mass is 882 g/mol. The first kappa shape index (κ1) is 38.9. The van der Waals surface area contributed by atoms with E-state index in [2.05, 4.69) is 268 Å². The number of nitrogens with zero attached hydrogens (tertiary/aromatic N) is 4. The fraction of sp³-hybridized carbons (Fsp3) is 0. The van der Waals surface area contributed by atoms with E-state index in [1.807, 2.05) is 6.07 Å². The molecule has 69 heavy (non-hydrogen) atoms. The third-order valence-corrected chi connectivity index (χ3v) is 13.8. The van der Waals surface area contributed by atoms with Crippen molar-refractivity contribution in [1.82, 2.24) is 9.13 Å². The van der Waals surface area contributed by atoms with Gasteiger partial charge < -0.3 is 23.4 Å². The summed E-state index contributed by atoms with van der Waals surface area (Å²) >= 11 is 0. The Morgan fingerprint density at radius 3 is 1.33 bits per heavy atom. The Balaban J connectivity index is 0.970. The van der Waals surface area contributed by atoms with E-state index in [1.165, 1.54) is 32.6 Å². The molecule has 0 saturated heterocycles. The predicted molar refractivity (Wildman–Crippen MR) is 289 cm³/mol. The largest absolute Gasteiger partial charge is 0.456 e. The maximum atomic E-state index is 6.54. The minimum Gasteiger partial charge on any atom is -0.456 e. The maximum Gasteiger partial charge on any atom is 0.136 e. The van der Waals surface area contributed by atoms with Gasteiger partial charge >= 0.3 is 0 Å². The number of para-hydroxylation sites is 6. The van der Waals surface area contributed by atoms with Crippen LogP contribution in [0.5, 0.6) is 0 Å². The number of anilines is 6. The summed E-state index contributed by atoms with van der Waals surface area (Å²) in [6, 6.07) is 91.7. The van der Waals surface area contributed by atoms with Gasteiger partial charge in [-0.05, 0) is 127 Å². The van der Waals surface area contributed by atoms with Crippen LogP contribution in [-0.4, -0.2) is 9.13 Å². The number of aromatic nitrogens is 2. The van der Waals surface area contributed by atoms with E-state index in [4.69, 9.17) is 4.42 Å². The maximum absolute atomic E-state index is 6.54. The van der Waals surface area contributed by atoms with Gasteiger partial charge in [0, 0.05) is 77.5 Å². The van der Waals surface area contributed by atoms with E-state index >= 15 is 0 Å². The molecule has 0 unspecified atom stereocenters. The van der Waals surface area contributed by atoms with Gasteiger partial charge in [-0.1, -0.05) is 133 Å². The van der Waals surface area contributed by atoms with E-state index in [9.17, 15) is 0 Å². The summed E-state index contributed by atoms with van der Waals surface area (Å²) in [6.07, 6.45) is 0. The molecular weight excluding hydrogens is 841 g/mol. The number of fused-ring (bicyclic) bond motifs is 10. The van der Waals surface area contributed by atoms with Crippen molar-refractivity contribution in [3.63, 3.8) is 0 Å². The smallest absolute Gasteiger partial charge is 0.136 e. The molecule has 0 fully saturated rings. The van der Waals surface area contributed by atoms with Crippen LogP contribution in [0.1, 0.15) is 0 Å². The molecule has 14 aromatic rings. The van der Waals surface area contributed by atoms with Crippen molar-refractivity contribution < 1.29 is 4.42 Å². The van der Waals surface area contributed by atoms with E-state index in [-0.39, 0.29) is 0 Å². The van der Waals surface area contributed by atoms with Crippen molar-refractivity contribution in [2.45, 2.75) is 0 Å².